The molecule has 0 radical (unpaired) electrons. The van der Waals surface area contributed by atoms with E-state index >= 15 is 0 Å². The van der Waals surface area contributed by atoms with E-state index in [1.54, 1.807) is 0 Å². The smallest absolute Gasteiger partial charge is 0.416 e. The maximum Gasteiger partial charge on any atom is 0.416 e. The molecule has 1 amide bonds. The SMILES string of the molecule is Cc1cc(C(=O)NCc2cn(-c3cc(Cl)ccc3O)nn2)cc(C(F)(F)F)c1. The largest absolute Gasteiger partial charge is 0.506 e. The summed E-state index contributed by atoms with van der Waals surface area (Å²) in [5.74, 6) is -0.737. The van der Waals surface area contributed by atoms with E-state index in [0.717, 1.165) is 12.1 Å². The molecule has 3 rings (SSSR count). The molecule has 6 nitrogen and oxygen atoms in total. The standard InChI is InChI=1S/C18H14ClF3N4O2/c1-10-4-11(6-12(5-10)18(20,21)22)17(28)23-8-14-9-26(25-24-14)15-7-13(19)2-3-16(15)27/h2-7,9,27H,8H2,1H3,(H,23,28). The Labute approximate surface area is 162 Å². The number of nitrogens with one attached hydrogen (secondary N) is 1. The summed E-state index contributed by atoms with van der Waals surface area (Å²) >= 11 is 5.89. The first-order valence-electron chi connectivity index (χ1n) is 8.00. The van der Waals surface area contributed by atoms with Crippen LogP contribution in [0.15, 0.2) is 42.6 Å². The predicted molar refractivity (Wildman–Crippen MR) is 95.4 cm³/mol. The van der Waals surface area contributed by atoms with Crippen molar-refractivity contribution < 1.29 is 23.1 Å². The van der Waals surface area contributed by atoms with Gasteiger partial charge < -0.3 is 10.4 Å². The first kappa shape index (κ1) is 19.7. The number of amides is 1. The van der Waals surface area contributed by atoms with Crippen LogP contribution in [0.2, 0.25) is 5.02 Å². The van der Waals surface area contributed by atoms with Gasteiger partial charge in [-0.25, -0.2) is 4.68 Å². The molecule has 3 aromatic rings. The Balaban J connectivity index is 1.73. The molecular formula is C18H14ClF3N4O2. The van der Waals surface area contributed by atoms with Gasteiger partial charge in [0.25, 0.3) is 5.91 Å². The number of aromatic nitrogens is 3. The van der Waals surface area contributed by atoms with E-state index in [-0.39, 0.29) is 17.9 Å². The van der Waals surface area contributed by atoms with Crippen molar-refractivity contribution in [3.8, 4) is 11.4 Å². The fraction of sp³-hybridized carbons (Fsp3) is 0.167. The second kappa shape index (κ2) is 7.51. The lowest BCUT2D eigenvalue weighted by Gasteiger charge is -2.10. The van der Waals surface area contributed by atoms with Crippen LogP contribution in [0.5, 0.6) is 5.75 Å². The number of hydrogen-bond acceptors (Lipinski definition) is 4. The molecule has 0 aliphatic heterocycles. The molecule has 0 aliphatic rings. The van der Waals surface area contributed by atoms with Crippen LogP contribution < -0.4 is 5.32 Å². The number of phenolic OH excluding ortho intramolecular Hbond substituents is 1. The number of benzene rings is 2. The number of hydrogen-bond donors (Lipinski definition) is 2. The third-order valence-corrected chi connectivity index (χ3v) is 4.06. The van der Waals surface area contributed by atoms with E-state index in [9.17, 15) is 23.1 Å². The number of phenols is 1. The summed E-state index contributed by atoms with van der Waals surface area (Å²) in [5, 5.41) is 20.5. The van der Waals surface area contributed by atoms with E-state index in [1.807, 2.05) is 0 Å². The van der Waals surface area contributed by atoms with Crippen LogP contribution in [0, 0.1) is 6.92 Å². The third-order valence-electron chi connectivity index (χ3n) is 3.82. The van der Waals surface area contributed by atoms with Crippen LogP contribution in [0.3, 0.4) is 0 Å². The number of carbonyl (C=O) groups excluding carboxylic acids is 1. The van der Waals surface area contributed by atoms with E-state index < -0.39 is 17.6 Å². The van der Waals surface area contributed by atoms with E-state index in [0.29, 0.717) is 22.0 Å². The highest BCUT2D eigenvalue weighted by Gasteiger charge is 2.31. The minimum absolute atomic E-state index is 0.0601. The van der Waals surface area contributed by atoms with Crippen molar-refractivity contribution in [1.82, 2.24) is 20.3 Å². The number of rotatable bonds is 4. The van der Waals surface area contributed by atoms with Crippen LogP contribution in [0.4, 0.5) is 13.2 Å². The predicted octanol–water partition coefficient (Wildman–Crippen LogP) is 3.88. The first-order valence-corrected chi connectivity index (χ1v) is 8.38. The van der Waals surface area contributed by atoms with Gasteiger partial charge in [0.1, 0.15) is 17.1 Å². The van der Waals surface area contributed by atoms with Gasteiger partial charge in [0.15, 0.2) is 0 Å². The number of aryl methyl sites for hydroxylation is 1. The molecule has 2 aromatic carbocycles. The maximum absolute atomic E-state index is 12.9. The second-order valence-electron chi connectivity index (χ2n) is 6.06. The molecule has 1 aromatic heterocycles. The van der Waals surface area contributed by atoms with Crippen molar-refractivity contribution in [3.63, 3.8) is 0 Å². The van der Waals surface area contributed by atoms with E-state index in [1.165, 1.54) is 42.1 Å². The monoisotopic (exact) mass is 410 g/mol. The Morgan fingerprint density at radius 1 is 1.25 bits per heavy atom. The van der Waals surface area contributed by atoms with Crippen LogP contribution >= 0.6 is 11.6 Å². The van der Waals surface area contributed by atoms with Crippen LogP contribution in [-0.4, -0.2) is 26.0 Å². The summed E-state index contributed by atoms with van der Waals surface area (Å²) in [7, 11) is 0. The van der Waals surface area contributed by atoms with Crippen LogP contribution in [0.25, 0.3) is 5.69 Å². The number of aromatic hydroxyl groups is 1. The molecule has 10 heteroatoms. The molecule has 1 heterocycles. The van der Waals surface area contributed by atoms with Crippen molar-refractivity contribution in [2.75, 3.05) is 0 Å². The molecule has 0 aliphatic carbocycles. The first-order chi connectivity index (χ1) is 13.1. The van der Waals surface area contributed by atoms with Crippen LogP contribution in [-0.2, 0) is 12.7 Å². The molecule has 2 N–H and O–H groups in total. The molecule has 0 saturated carbocycles. The zero-order valence-corrected chi connectivity index (χ0v) is 15.2. The van der Waals surface area contributed by atoms with Gasteiger partial charge >= 0.3 is 6.18 Å². The number of carbonyl (C=O) groups is 1. The molecule has 0 fully saturated rings. The fourth-order valence-electron chi connectivity index (χ4n) is 2.53. The van der Waals surface area contributed by atoms with Gasteiger partial charge in [-0.15, -0.1) is 5.10 Å². The molecule has 0 bridgehead atoms. The van der Waals surface area contributed by atoms with Gasteiger partial charge in [-0.05, 0) is 48.9 Å². The summed E-state index contributed by atoms with van der Waals surface area (Å²) in [5.41, 5.74) is -0.0305. The summed E-state index contributed by atoms with van der Waals surface area (Å²) < 4.78 is 40.0. The highest BCUT2D eigenvalue weighted by Crippen LogP contribution is 2.30. The van der Waals surface area contributed by atoms with Gasteiger partial charge in [-0.2, -0.15) is 13.2 Å². The van der Waals surface area contributed by atoms with E-state index in [4.69, 9.17) is 11.6 Å². The average Bonchev–Trinajstić information content (AvgIpc) is 3.09. The molecule has 28 heavy (non-hydrogen) atoms. The lowest BCUT2D eigenvalue weighted by molar-refractivity contribution is -0.137. The Morgan fingerprint density at radius 3 is 2.71 bits per heavy atom. The molecule has 0 saturated heterocycles. The highest BCUT2D eigenvalue weighted by molar-refractivity contribution is 6.30. The lowest BCUT2D eigenvalue weighted by atomic mass is 10.1. The van der Waals surface area contributed by atoms with Crippen LogP contribution in [0.1, 0.15) is 27.2 Å². The zero-order valence-electron chi connectivity index (χ0n) is 14.5. The summed E-state index contributed by atoms with van der Waals surface area (Å²) in [6, 6.07) is 7.53. The maximum atomic E-state index is 12.9. The van der Waals surface area contributed by atoms with Crippen molar-refractivity contribution in [2.24, 2.45) is 0 Å². The minimum Gasteiger partial charge on any atom is -0.506 e. The summed E-state index contributed by atoms with van der Waals surface area (Å²) in [6.45, 7) is 1.42. The molecule has 0 unspecified atom stereocenters. The van der Waals surface area contributed by atoms with Crippen molar-refractivity contribution in [3.05, 3.63) is 70.0 Å². The molecule has 0 atom stereocenters. The van der Waals surface area contributed by atoms with Crippen molar-refractivity contribution in [2.45, 2.75) is 19.6 Å². The Bertz CT molecular complexity index is 1030. The van der Waals surface area contributed by atoms with Gasteiger partial charge in [0.2, 0.25) is 0 Å². The lowest BCUT2D eigenvalue weighted by Crippen LogP contribution is -2.23. The Hall–Kier alpha value is -3.07. The van der Waals surface area contributed by atoms with E-state index in [2.05, 4.69) is 15.6 Å². The Kier molecular flexibility index (Phi) is 5.28. The molecular weight excluding hydrogens is 397 g/mol. The minimum atomic E-state index is -4.54. The second-order valence-corrected chi connectivity index (χ2v) is 6.49. The van der Waals surface area contributed by atoms with Gasteiger partial charge in [0.05, 0.1) is 18.3 Å². The summed E-state index contributed by atoms with van der Waals surface area (Å²) in [4.78, 5) is 12.2. The number of nitrogens with zero attached hydrogens (tertiary/aromatic N) is 3. The number of alkyl halides is 3. The van der Waals surface area contributed by atoms with Gasteiger partial charge in [-0.3, -0.25) is 4.79 Å². The van der Waals surface area contributed by atoms with Gasteiger partial charge in [-0.1, -0.05) is 16.8 Å². The fourth-order valence-corrected chi connectivity index (χ4v) is 2.69. The third kappa shape index (κ3) is 4.42. The van der Waals surface area contributed by atoms with Gasteiger partial charge in [0, 0.05) is 10.6 Å². The average molecular weight is 411 g/mol. The Morgan fingerprint density at radius 2 is 2.00 bits per heavy atom. The number of halogens is 4. The van der Waals surface area contributed by atoms with Crippen molar-refractivity contribution in [1.29, 1.82) is 0 Å². The highest BCUT2D eigenvalue weighted by atomic mass is 35.5. The topological polar surface area (TPSA) is 80.0 Å². The zero-order chi connectivity index (χ0) is 20.5. The van der Waals surface area contributed by atoms with Crippen molar-refractivity contribution >= 4 is 17.5 Å². The normalized spacial score (nSPS) is 11.5. The summed E-state index contributed by atoms with van der Waals surface area (Å²) in [6.07, 6.45) is -3.08. The quantitative estimate of drug-likeness (QED) is 0.684. The molecule has 146 valence electrons. The molecule has 0 spiro atoms.